The highest BCUT2D eigenvalue weighted by molar-refractivity contribution is 5.89. The molecule has 0 spiro atoms. The fraction of sp³-hybridized carbons (Fsp3) is 0.417. The predicted octanol–water partition coefficient (Wildman–Crippen LogP) is 1.68. The number of rotatable bonds is 4. The minimum absolute atomic E-state index is 0.116. The molecular formula is C12H17FN2O3. The number of nitrogens with one attached hydrogen (secondary N) is 1. The van der Waals surface area contributed by atoms with Crippen LogP contribution in [0.15, 0.2) is 18.2 Å². The van der Waals surface area contributed by atoms with Crippen molar-refractivity contribution < 1.29 is 19.0 Å². The number of amides is 2. The summed E-state index contributed by atoms with van der Waals surface area (Å²) in [6, 6.07) is 3.42. The number of hydrogen-bond donors (Lipinski definition) is 2. The van der Waals surface area contributed by atoms with E-state index in [4.69, 9.17) is 9.84 Å². The number of nitrogens with zero attached hydrogens (tertiary/aromatic N) is 1. The van der Waals surface area contributed by atoms with Gasteiger partial charge in [-0.05, 0) is 19.1 Å². The van der Waals surface area contributed by atoms with E-state index in [1.54, 1.807) is 14.0 Å². The molecule has 2 amide bonds. The lowest BCUT2D eigenvalue weighted by Gasteiger charge is -2.23. The number of aliphatic hydroxyl groups excluding tert-OH is 1. The van der Waals surface area contributed by atoms with E-state index in [2.05, 4.69) is 5.32 Å². The molecule has 2 N–H and O–H groups in total. The summed E-state index contributed by atoms with van der Waals surface area (Å²) in [5.74, 6) is -0.432. The molecule has 0 aromatic heterocycles. The molecule has 0 saturated carbocycles. The Morgan fingerprint density at radius 1 is 1.61 bits per heavy atom. The first-order chi connectivity index (χ1) is 8.49. The summed E-state index contributed by atoms with van der Waals surface area (Å²) in [5.41, 5.74) is 0.329. The van der Waals surface area contributed by atoms with Crippen molar-refractivity contribution in [2.24, 2.45) is 0 Å². The quantitative estimate of drug-likeness (QED) is 0.861. The molecule has 0 saturated heterocycles. The standard InChI is InChI=1S/C12H17FN2O3/c1-8(7-16)15(2)12(17)14-9-4-5-11(18-3)10(13)6-9/h4-6,8,16H,7H2,1-3H3,(H,14,17). The van der Waals surface area contributed by atoms with E-state index in [0.29, 0.717) is 5.69 Å². The summed E-state index contributed by atoms with van der Waals surface area (Å²) in [5, 5.41) is 11.5. The lowest BCUT2D eigenvalue weighted by Crippen LogP contribution is -2.40. The average molecular weight is 256 g/mol. The van der Waals surface area contributed by atoms with Crippen LogP contribution >= 0.6 is 0 Å². The number of likely N-dealkylation sites (N-methyl/N-ethyl adjacent to an activating group) is 1. The summed E-state index contributed by atoms with van der Waals surface area (Å²) >= 11 is 0. The van der Waals surface area contributed by atoms with Crippen molar-refractivity contribution in [2.75, 3.05) is 26.1 Å². The number of anilines is 1. The fourth-order valence-corrected chi connectivity index (χ4v) is 1.28. The van der Waals surface area contributed by atoms with Crippen molar-refractivity contribution in [1.29, 1.82) is 0 Å². The fourth-order valence-electron chi connectivity index (χ4n) is 1.28. The molecule has 0 aliphatic heterocycles. The molecule has 0 bridgehead atoms. The number of carbonyl (C=O) groups is 1. The minimum atomic E-state index is -0.548. The zero-order chi connectivity index (χ0) is 13.7. The number of carbonyl (C=O) groups excluding carboxylic acids is 1. The number of benzene rings is 1. The van der Waals surface area contributed by atoms with Crippen molar-refractivity contribution in [3.63, 3.8) is 0 Å². The molecule has 1 aromatic rings. The van der Waals surface area contributed by atoms with Gasteiger partial charge in [-0.15, -0.1) is 0 Å². The van der Waals surface area contributed by atoms with Crippen LogP contribution in [0.1, 0.15) is 6.92 Å². The van der Waals surface area contributed by atoms with Gasteiger partial charge in [0.25, 0.3) is 0 Å². The van der Waals surface area contributed by atoms with Crippen LogP contribution in [-0.2, 0) is 0 Å². The van der Waals surface area contributed by atoms with Gasteiger partial charge in [-0.1, -0.05) is 0 Å². The molecule has 0 aliphatic carbocycles. The average Bonchev–Trinajstić information content (AvgIpc) is 2.37. The largest absolute Gasteiger partial charge is 0.494 e. The zero-order valence-corrected chi connectivity index (χ0v) is 10.6. The molecule has 0 radical (unpaired) electrons. The van der Waals surface area contributed by atoms with Gasteiger partial charge in [0.05, 0.1) is 19.8 Å². The summed E-state index contributed by atoms with van der Waals surface area (Å²) < 4.78 is 18.2. The van der Waals surface area contributed by atoms with Gasteiger partial charge in [0.2, 0.25) is 0 Å². The van der Waals surface area contributed by atoms with Gasteiger partial charge in [-0.3, -0.25) is 0 Å². The molecular weight excluding hydrogens is 239 g/mol. The van der Waals surface area contributed by atoms with Gasteiger partial charge in [0.1, 0.15) is 0 Å². The van der Waals surface area contributed by atoms with Crippen molar-refractivity contribution in [2.45, 2.75) is 13.0 Å². The summed E-state index contributed by atoms with van der Waals surface area (Å²) in [6.45, 7) is 1.56. The summed E-state index contributed by atoms with van der Waals surface area (Å²) in [4.78, 5) is 13.1. The number of ether oxygens (including phenoxy) is 1. The molecule has 1 aromatic carbocycles. The Balaban J connectivity index is 2.73. The maximum absolute atomic E-state index is 13.4. The predicted molar refractivity (Wildman–Crippen MR) is 66.3 cm³/mol. The highest BCUT2D eigenvalue weighted by Gasteiger charge is 2.15. The number of aliphatic hydroxyl groups is 1. The third-order valence-electron chi connectivity index (χ3n) is 2.65. The van der Waals surface area contributed by atoms with Gasteiger partial charge >= 0.3 is 6.03 Å². The second kappa shape index (κ2) is 6.20. The van der Waals surface area contributed by atoms with Crippen LogP contribution in [0.5, 0.6) is 5.75 Å². The Labute approximate surface area is 105 Å². The molecule has 100 valence electrons. The van der Waals surface area contributed by atoms with Crippen LogP contribution in [-0.4, -0.2) is 42.8 Å². The van der Waals surface area contributed by atoms with Gasteiger partial charge in [-0.2, -0.15) is 0 Å². The first kappa shape index (κ1) is 14.2. The molecule has 1 rings (SSSR count). The van der Waals surface area contributed by atoms with Crippen LogP contribution < -0.4 is 10.1 Å². The minimum Gasteiger partial charge on any atom is -0.494 e. The Morgan fingerprint density at radius 3 is 2.78 bits per heavy atom. The summed E-state index contributed by atoms with van der Waals surface area (Å²) in [7, 11) is 2.92. The second-order valence-electron chi connectivity index (χ2n) is 3.92. The molecule has 18 heavy (non-hydrogen) atoms. The Kier molecular flexibility index (Phi) is 4.91. The number of urea groups is 1. The third-order valence-corrected chi connectivity index (χ3v) is 2.65. The smallest absolute Gasteiger partial charge is 0.321 e. The molecule has 6 heteroatoms. The molecule has 1 unspecified atom stereocenters. The lowest BCUT2D eigenvalue weighted by molar-refractivity contribution is 0.166. The number of hydrogen-bond acceptors (Lipinski definition) is 3. The first-order valence-corrected chi connectivity index (χ1v) is 5.47. The van der Waals surface area contributed by atoms with E-state index in [0.717, 1.165) is 0 Å². The van der Waals surface area contributed by atoms with Gasteiger partial charge < -0.3 is 20.1 Å². The van der Waals surface area contributed by atoms with E-state index in [1.165, 1.54) is 30.2 Å². The maximum Gasteiger partial charge on any atom is 0.321 e. The Hall–Kier alpha value is -1.82. The van der Waals surface area contributed by atoms with Crippen molar-refractivity contribution in [3.05, 3.63) is 24.0 Å². The van der Waals surface area contributed by atoms with Crippen molar-refractivity contribution >= 4 is 11.7 Å². The SMILES string of the molecule is COc1ccc(NC(=O)N(C)C(C)CO)cc1F. The summed E-state index contributed by atoms with van der Waals surface area (Å²) in [6.07, 6.45) is 0. The van der Waals surface area contributed by atoms with Gasteiger partial charge in [0.15, 0.2) is 11.6 Å². The Bertz CT molecular complexity index is 426. The van der Waals surface area contributed by atoms with Crippen LogP contribution in [0.2, 0.25) is 0 Å². The normalized spacial score (nSPS) is 11.8. The van der Waals surface area contributed by atoms with Crippen LogP contribution in [0.4, 0.5) is 14.9 Å². The van der Waals surface area contributed by atoms with Crippen molar-refractivity contribution in [1.82, 2.24) is 4.90 Å². The third kappa shape index (κ3) is 3.33. The van der Waals surface area contributed by atoms with Crippen LogP contribution in [0.3, 0.4) is 0 Å². The van der Waals surface area contributed by atoms with Crippen LogP contribution in [0, 0.1) is 5.82 Å². The monoisotopic (exact) mass is 256 g/mol. The highest BCUT2D eigenvalue weighted by atomic mass is 19.1. The van der Waals surface area contributed by atoms with E-state index in [-0.39, 0.29) is 18.4 Å². The second-order valence-corrected chi connectivity index (χ2v) is 3.92. The molecule has 0 heterocycles. The van der Waals surface area contributed by atoms with E-state index in [9.17, 15) is 9.18 Å². The van der Waals surface area contributed by atoms with Crippen molar-refractivity contribution in [3.8, 4) is 5.75 Å². The number of methoxy groups -OCH3 is 1. The maximum atomic E-state index is 13.4. The molecule has 1 atom stereocenters. The highest BCUT2D eigenvalue weighted by Crippen LogP contribution is 2.20. The topological polar surface area (TPSA) is 61.8 Å². The van der Waals surface area contributed by atoms with Gasteiger partial charge in [-0.25, -0.2) is 9.18 Å². The number of halogens is 1. The molecule has 0 fully saturated rings. The van der Waals surface area contributed by atoms with Gasteiger partial charge in [0, 0.05) is 18.8 Å². The van der Waals surface area contributed by atoms with Crippen LogP contribution in [0.25, 0.3) is 0 Å². The lowest BCUT2D eigenvalue weighted by atomic mass is 10.3. The zero-order valence-electron chi connectivity index (χ0n) is 10.6. The van der Waals surface area contributed by atoms with E-state index in [1.807, 2.05) is 0 Å². The van der Waals surface area contributed by atoms with E-state index < -0.39 is 11.8 Å². The van der Waals surface area contributed by atoms with E-state index >= 15 is 0 Å². The Morgan fingerprint density at radius 2 is 2.28 bits per heavy atom. The molecule has 0 aliphatic rings. The molecule has 5 nitrogen and oxygen atoms in total. The first-order valence-electron chi connectivity index (χ1n) is 5.47.